The van der Waals surface area contributed by atoms with E-state index in [4.69, 9.17) is 5.73 Å². The molecule has 0 saturated carbocycles. The van der Waals surface area contributed by atoms with Gasteiger partial charge >= 0.3 is 0 Å². The van der Waals surface area contributed by atoms with E-state index in [0.29, 0.717) is 18.4 Å². The second kappa shape index (κ2) is 8.45. The molecule has 1 rings (SSSR count). The van der Waals surface area contributed by atoms with Crippen LogP contribution in [0.1, 0.15) is 38.3 Å². The van der Waals surface area contributed by atoms with E-state index in [-0.39, 0.29) is 29.3 Å². The number of amides is 1. The van der Waals surface area contributed by atoms with Gasteiger partial charge in [0.25, 0.3) is 0 Å². The molecule has 0 radical (unpaired) electrons. The van der Waals surface area contributed by atoms with E-state index < -0.39 is 21.7 Å². The summed E-state index contributed by atoms with van der Waals surface area (Å²) < 4.78 is 36.5. The molecule has 0 fully saturated rings. The Morgan fingerprint density at radius 1 is 1.36 bits per heavy atom. The van der Waals surface area contributed by atoms with Crippen LogP contribution in [-0.4, -0.2) is 26.6 Å². The monoisotopic (exact) mass is 352 g/mol. The van der Waals surface area contributed by atoms with Gasteiger partial charge in [-0.3, -0.25) is 4.79 Å². The van der Waals surface area contributed by atoms with Crippen LogP contribution in [-0.2, 0) is 14.6 Å². The summed E-state index contributed by atoms with van der Waals surface area (Å²) >= 11 is 0. The summed E-state index contributed by atoms with van der Waals surface area (Å²) in [4.78, 5) is 11.3. The molecule has 0 bridgehead atoms. The molecule has 3 N–H and O–H groups in total. The SMILES string of the molecule is CC(N)CCC(=O)NC(C)c1ccc(S(C)(=O)=O)c(F)c1.Cl. The van der Waals surface area contributed by atoms with E-state index >= 15 is 0 Å². The highest BCUT2D eigenvalue weighted by Crippen LogP contribution is 2.20. The third-order valence-electron chi connectivity index (χ3n) is 3.06. The summed E-state index contributed by atoms with van der Waals surface area (Å²) in [6.45, 7) is 3.52. The fourth-order valence-electron chi connectivity index (χ4n) is 1.84. The Kier molecular flexibility index (Phi) is 8.00. The molecule has 126 valence electrons. The smallest absolute Gasteiger partial charge is 0.220 e. The molecule has 8 heteroatoms. The number of benzene rings is 1. The highest BCUT2D eigenvalue weighted by molar-refractivity contribution is 7.90. The van der Waals surface area contributed by atoms with Crippen molar-refractivity contribution >= 4 is 28.2 Å². The molecule has 0 spiro atoms. The molecular formula is C14H22ClFN2O3S. The summed E-state index contributed by atoms with van der Waals surface area (Å²) in [7, 11) is -3.59. The van der Waals surface area contributed by atoms with Crippen LogP contribution < -0.4 is 11.1 Å². The fourth-order valence-corrected chi connectivity index (χ4v) is 2.57. The maximum atomic E-state index is 13.8. The number of hydrogen-bond donors (Lipinski definition) is 2. The van der Waals surface area contributed by atoms with E-state index in [2.05, 4.69) is 5.32 Å². The Hall–Kier alpha value is -1.18. The molecule has 1 aromatic rings. The highest BCUT2D eigenvalue weighted by Gasteiger charge is 2.16. The van der Waals surface area contributed by atoms with Crippen molar-refractivity contribution in [3.8, 4) is 0 Å². The minimum atomic E-state index is -3.59. The van der Waals surface area contributed by atoms with Crippen LogP contribution in [0.25, 0.3) is 0 Å². The fraction of sp³-hybridized carbons (Fsp3) is 0.500. The average Bonchev–Trinajstić information content (AvgIpc) is 2.34. The lowest BCUT2D eigenvalue weighted by Gasteiger charge is -2.15. The van der Waals surface area contributed by atoms with Gasteiger partial charge in [0.2, 0.25) is 5.91 Å². The summed E-state index contributed by atoms with van der Waals surface area (Å²) in [6.07, 6.45) is 1.82. The van der Waals surface area contributed by atoms with Gasteiger partial charge in [-0.15, -0.1) is 12.4 Å². The number of nitrogens with two attached hydrogens (primary N) is 1. The van der Waals surface area contributed by atoms with Gasteiger partial charge < -0.3 is 11.1 Å². The quantitative estimate of drug-likeness (QED) is 0.819. The number of halogens is 2. The van der Waals surface area contributed by atoms with E-state index in [0.717, 1.165) is 12.3 Å². The second-order valence-electron chi connectivity index (χ2n) is 5.27. The third-order valence-corrected chi connectivity index (χ3v) is 4.19. The first-order valence-electron chi connectivity index (χ1n) is 6.65. The summed E-state index contributed by atoms with van der Waals surface area (Å²) in [5, 5.41) is 2.73. The Morgan fingerprint density at radius 3 is 2.41 bits per heavy atom. The molecule has 22 heavy (non-hydrogen) atoms. The van der Waals surface area contributed by atoms with E-state index in [9.17, 15) is 17.6 Å². The lowest BCUT2D eigenvalue weighted by Crippen LogP contribution is -2.28. The number of carbonyl (C=O) groups is 1. The number of sulfone groups is 1. The number of rotatable bonds is 6. The van der Waals surface area contributed by atoms with Crippen molar-refractivity contribution in [2.75, 3.05) is 6.26 Å². The lowest BCUT2D eigenvalue weighted by molar-refractivity contribution is -0.121. The molecule has 0 aliphatic carbocycles. The Morgan fingerprint density at radius 2 is 1.95 bits per heavy atom. The van der Waals surface area contributed by atoms with E-state index in [1.807, 2.05) is 6.92 Å². The molecular weight excluding hydrogens is 331 g/mol. The van der Waals surface area contributed by atoms with Crippen LogP contribution in [0.5, 0.6) is 0 Å². The first-order valence-corrected chi connectivity index (χ1v) is 8.55. The van der Waals surface area contributed by atoms with E-state index in [1.165, 1.54) is 12.1 Å². The van der Waals surface area contributed by atoms with Crippen LogP contribution in [0.4, 0.5) is 4.39 Å². The molecule has 0 heterocycles. The van der Waals surface area contributed by atoms with Crippen molar-refractivity contribution < 1.29 is 17.6 Å². The molecule has 1 aromatic carbocycles. The highest BCUT2D eigenvalue weighted by atomic mass is 35.5. The van der Waals surface area contributed by atoms with Gasteiger partial charge in [0, 0.05) is 18.7 Å². The molecule has 5 nitrogen and oxygen atoms in total. The van der Waals surface area contributed by atoms with Crippen molar-refractivity contribution in [1.29, 1.82) is 0 Å². The first-order chi connectivity index (χ1) is 9.61. The van der Waals surface area contributed by atoms with Gasteiger partial charge in [0.1, 0.15) is 10.7 Å². The number of nitrogens with one attached hydrogen (secondary N) is 1. The normalized spacial score (nSPS) is 13.9. The van der Waals surface area contributed by atoms with Crippen molar-refractivity contribution in [2.45, 2.75) is 43.7 Å². The van der Waals surface area contributed by atoms with Gasteiger partial charge in [0.15, 0.2) is 9.84 Å². The van der Waals surface area contributed by atoms with Crippen LogP contribution in [0, 0.1) is 5.82 Å². The minimum Gasteiger partial charge on any atom is -0.350 e. The number of hydrogen-bond acceptors (Lipinski definition) is 4. The summed E-state index contributed by atoms with van der Waals surface area (Å²) in [5.41, 5.74) is 6.08. The van der Waals surface area contributed by atoms with Crippen molar-refractivity contribution in [3.05, 3.63) is 29.6 Å². The lowest BCUT2D eigenvalue weighted by atomic mass is 10.1. The van der Waals surface area contributed by atoms with Gasteiger partial charge in [-0.2, -0.15) is 0 Å². The predicted molar refractivity (Wildman–Crippen MR) is 86.2 cm³/mol. The molecule has 0 aliphatic heterocycles. The zero-order valence-corrected chi connectivity index (χ0v) is 14.4. The molecule has 2 atom stereocenters. The zero-order valence-electron chi connectivity index (χ0n) is 12.8. The molecule has 2 unspecified atom stereocenters. The summed E-state index contributed by atoms with van der Waals surface area (Å²) in [6, 6.07) is 3.37. The van der Waals surface area contributed by atoms with Gasteiger partial charge in [-0.05, 0) is 38.0 Å². The zero-order chi connectivity index (χ0) is 16.2. The first kappa shape index (κ1) is 20.8. The Bertz CT molecular complexity index is 621. The molecule has 0 aliphatic rings. The Balaban J connectivity index is 0.00000441. The van der Waals surface area contributed by atoms with Crippen LogP contribution in [0.15, 0.2) is 23.1 Å². The van der Waals surface area contributed by atoms with Crippen LogP contribution in [0.2, 0.25) is 0 Å². The molecule has 0 saturated heterocycles. The number of carbonyl (C=O) groups excluding carboxylic acids is 1. The Labute approximate surface area is 136 Å². The van der Waals surface area contributed by atoms with Crippen LogP contribution >= 0.6 is 12.4 Å². The topological polar surface area (TPSA) is 89.3 Å². The predicted octanol–water partition coefficient (Wildman–Crippen LogP) is 1.96. The van der Waals surface area contributed by atoms with Gasteiger partial charge in [-0.1, -0.05) is 6.07 Å². The molecule has 1 amide bonds. The largest absolute Gasteiger partial charge is 0.350 e. The standard InChI is InChI=1S/C14H21FN2O3S.ClH/c1-9(16)4-7-14(18)17-10(2)11-5-6-13(12(15)8-11)21(3,19)20;/h5-6,8-10H,4,7,16H2,1-3H3,(H,17,18);1H. The van der Waals surface area contributed by atoms with Crippen molar-refractivity contribution in [1.82, 2.24) is 5.32 Å². The second-order valence-corrected chi connectivity index (χ2v) is 7.25. The van der Waals surface area contributed by atoms with Crippen molar-refractivity contribution in [3.63, 3.8) is 0 Å². The summed E-state index contributed by atoms with van der Waals surface area (Å²) in [5.74, 6) is -0.987. The maximum absolute atomic E-state index is 13.8. The van der Waals surface area contributed by atoms with Gasteiger partial charge in [0.05, 0.1) is 6.04 Å². The van der Waals surface area contributed by atoms with Crippen LogP contribution in [0.3, 0.4) is 0 Å². The van der Waals surface area contributed by atoms with Gasteiger partial charge in [-0.25, -0.2) is 12.8 Å². The van der Waals surface area contributed by atoms with Crippen molar-refractivity contribution in [2.24, 2.45) is 5.73 Å². The third kappa shape index (κ3) is 6.29. The molecule has 0 aromatic heterocycles. The minimum absolute atomic E-state index is 0. The average molecular weight is 353 g/mol. The van der Waals surface area contributed by atoms with E-state index in [1.54, 1.807) is 6.92 Å². The maximum Gasteiger partial charge on any atom is 0.220 e.